The van der Waals surface area contributed by atoms with Crippen LogP contribution in [0.25, 0.3) is 0 Å². The molecule has 0 atom stereocenters. The van der Waals surface area contributed by atoms with E-state index in [9.17, 15) is 17.6 Å². The third kappa shape index (κ3) is 5.58. The number of nitrogens with one attached hydrogen (secondary N) is 1. The summed E-state index contributed by atoms with van der Waals surface area (Å²) in [6.07, 6.45) is 0. The van der Waals surface area contributed by atoms with Gasteiger partial charge in [0, 0.05) is 12.2 Å². The van der Waals surface area contributed by atoms with Crippen molar-refractivity contribution in [1.82, 2.24) is 4.31 Å². The number of hydrogen-bond donors (Lipinski definition) is 1. The summed E-state index contributed by atoms with van der Waals surface area (Å²) in [5.74, 6) is -1.01. The van der Waals surface area contributed by atoms with Gasteiger partial charge < -0.3 is 5.32 Å². The topological polar surface area (TPSA) is 66.5 Å². The van der Waals surface area contributed by atoms with Crippen LogP contribution < -0.4 is 5.32 Å². The number of carbonyl (C=O) groups excluding carboxylic acids is 1. The highest BCUT2D eigenvalue weighted by molar-refractivity contribution is 7.89. The molecule has 156 valence electrons. The molecule has 0 radical (unpaired) electrons. The largest absolute Gasteiger partial charge is 0.325 e. The van der Waals surface area contributed by atoms with Gasteiger partial charge in [-0.05, 0) is 54.1 Å². The second kappa shape index (κ2) is 9.57. The third-order valence-corrected chi connectivity index (χ3v) is 6.72. The van der Waals surface area contributed by atoms with Gasteiger partial charge in [-0.25, -0.2) is 12.8 Å². The van der Waals surface area contributed by atoms with Gasteiger partial charge in [-0.1, -0.05) is 47.5 Å². The molecular weight excluding hydrogens is 450 g/mol. The second-order valence-corrected chi connectivity index (χ2v) is 9.14. The molecule has 3 aromatic rings. The fourth-order valence-corrected chi connectivity index (χ4v) is 4.43. The number of halogens is 3. The Bertz CT molecular complexity index is 1140. The minimum atomic E-state index is -3.98. The fraction of sp³-hybridized carbons (Fsp3) is 0.0952. The quantitative estimate of drug-likeness (QED) is 0.534. The minimum Gasteiger partial charge on any atom is -0.325 e. The molecule has 3 aromatic carbocycles. The van der Waals surface area contributed by atoms with Gasteiger partial charge in [-0.3, -0.25) is 4.79 Å². The molecule has 0 fully saturated rings. The average Bonchev–Trinajstić information content (AvgIpc) is 2.72. The van der Waals surface area contributed by atoms with Gasteiger partial charge >= 0.3 is 0 Å². The average molecular weight is 467 g/mol. The maximum absolute atomic E-state index is 13.2. The lowest BCUT2D eigenvalue weighted by Gasteiger charge is -2.22. The highest BCUT2D eigenvalue weighted by Crippen LogP contribution is 2.25. The Hall–Kier alpha value is -2.45. The number of hydrogen-bond acceptors (Lipinski definition) is 3. The van der Waals surface area contributed by atoms with E-state index in [1.807, 2.05) is 0 Å². The summed E-state index contributed by atoms with van der Waals surface area (Å²) in [5.41, 5.74) is 0.923. The molecule has 0 heterocycles. The van der Waals surface area contributed by atoms with E-state index < -0.39 is 28.3 Å². The van der Waals surface area contributed by atoms with E-state index in [-0.39, 0.29) is 16.5 Å². The van der Waals surface area contributed by atoms with Crippen molar-refractivity contribution in [3.63, 3.8) is 0 Å². The highest BCUT2D eigenvalue weighted by Gasteiger charge is 2.27. The molecule has 1 amide bonds. The van der Waals surface area contributed by atoms with E-state index in [2.05, 4.69) is 5.32 Å². The van der Waals surface area contributed by atoms with E-state index in [0.717, 1.165) is 4.31 Å². The van der Waals surface area contributed by atoms with Gasteiger partial charge in [0.05, 0.1) is 21.5 Å². The molecule has 0 aliphatic heterocycles. The SMILES string of the molecule is O=C(CN(Cc1ccc(Cl)c(Cl)c1)S(=O)(=O)c1ccccc1)Nc1ccc(F)cc1. The molecular formula is C21H17Cl2FN2O3S. The van der Waals surface area contributed by atoms with Crippen LogP contribution in [0.5, 0.6) is 0 Å². The van der Waals surface area contributed by atoms with Crippen LogP contribution in [0, 0.1) is 5.82 Å². The standard InChI is InChI=1S/C21H17Cl2FN2O3S/c22-19-11-6-15(12-20(19)23)13-26(30(28,29)18-4-2-1-3-5-18)14-21(27)25-17-9-7-16(24)8-10-17/h1-12H,13-14H2,(H,25,27). The Labute approximate surface area is 184 Å². The monoisotopic (exact) mass is 466 g/mol. The molecule has 0 aliphatic rings. The molecule has 30 heavy (non-hydrogen) atoms. The van der Waals surface area contributed by atoms with Crippen molar-refractivity contribution in [3.05, 3.63) is 94.2 Å². The summed E-state index contributed by atoms with van der Waals surface area (Å²) in [6, 6.07) is 17.7. The van der Waals surface area contributed by atoms with Gasteiger partial charge in [0.1, 0.15) is 5.82 Å². The molecule has 0 aromatic heterocycles. The number of rotatable bonds is 7. The van der Waals surface area contributed by atoms with Crippen molar-refractivity contribution in [3.8, 4) is 0 Å². The minimum absolute atomic E-state index is 0.0552. The molecule has 0 aliphatic carbocycles. The van der Waals surface area contributed by atoms with Crippen LogP contribution in [-0.4, -0.2) is 25.2 Å². The van der Waals surface area contributed by atoms with Gasteiger partial charge in [-0.15, -0.1) is 0 Å². The van der Waals surface area contributed by atoms with Crippen LogP contribution in [0.1, 0.15) is 5.56 Å². The molecule has 3 rings (SSSR count). The Morgan fingerprint density at radius 2 is 1.60 bits per heavy atom. The van der Waals surface area contributed by atoms with Crippen LogP contribution in [0.4, 0.5) is 10.1 Å². The van der Waals surface area contributed by atoms with Gasteiger partial charge in [0.2, 0.25) is 15.9 Å². The summed E-state index contributed by atoms with van der Waals surface area (Å²) >= 11 is 12.0. The van der Waals surface area contributed by atoms with Crippen LogP contribution in [-0.2, 0) is 21.4 Å². The molecule has 0 spiro atoms. The summed E-state index contributed by atoms with van der Waals surface area (Å²) < 4.78 is 40.4. The zero-order valence-electron chi connectivity index (χ0n) is 15.6. The van der Waals surface area contributed by atoms with Crippen molar-refractivity contribution in [2.45, 2.75) is 11.4 Å². The maximum Gasteiger partial charge on any atom is 0.243 e. The van der Waals surface area contributed by atoms with E-state index in [0.29, 0.717) is 16.3 Å². The highest BCUT2D eigenvalue weighted by atomic mass is 35.5. The van der Waals surface area contributed by atoms with E-state index in [1.54, 1.807) is 36.4 Å². The number of sulfonamides is 1. The molecule has 0 saturated carbocycles. The first kappa shape index (κ1) is 22.2. The molecule has 5 nitrogen and oxygen atoms in total. The third-order valence-electron chi connectivity index (χ3n) is 4.17. The van der Waals surface area contributed by atoms with Crippen LogP contribution in [0.3, 0.4) is 0 Å². The first-order valence-corrected chi connectivity index (χ1v) is 11.0. The molecule has 0 saturated heterocycles. The van der Waals surface area contributed by atoms with E-state index in [1.165, 1.54) is 36.4 Å². The second-order valence-electron chi connectivity index (χ2n) is 6.39. The van der Waals surface area contributed by atoms with Crippen molar-refractivity contribution in [1.29, 1.82) is 0 Å². The molecule has 9 heteroatoms. The smallest absolute Gasteiger partial charge is 0.243 e. The Morgan fingerprint density at radius 1 is 0.933 bits per heavy atom. The normalized spacial score (nSPS) is 11.5. The predicted octanol–water partition coefficient (Wildman–Crippen LogP) is 4.96. The number of nitrogens with zero attached hydrogens (tertiary/aromatic N) is 1. The van der Waals surface area contributed by atoms with Gasteiger partial charge in [0.25, 0.3) is 0 Å². The van der Waals surface area contributed by atoms with Crippen molar-refractivity contribution in [2.24, 2.45) is 0 Å². The van der Waals surface area contributed by atoms with Gasteiger partial charge in [0.15, 0.2) is 0 Å². The summed E-state index contributed by atoms with van der Waals surface area (Å²) in [5, 5.41) is 3.19. The fourth-order valence-electron chi connectivity index (χ4n) is 2.70. The first-order chi connectivity index (χ1) is 14.3. The number of amides is 1. The lowest BCUT2D eigenvalue weighted by Crippen LogP contribution is -2.37. The Balaban J connectivity index is 1.87. The van der Waals surface area contributed by atoms with Crippen molar-refractivity contribution in [2.75, 3.05) is 11.9 Å². The van der Waals surface area contributed by atoms with Gasteiger partial charge in [-0.2, -0.15) is 4.31 Å². The van der Waals surface area contributed by atoms with Crippen LogP contribution in [0.2, 0.25) is 10.0 Å². The van der Waals surface area contributed by atoms with Crippen molar-refractivity contribution >= 4 is 44.8 Å². The number of carbonyl (C=O) groups is 1. The molecule has 0 bridgehead atoms. The van der Waals surface area contributed by atoms with Crippen LogP contribution in [0.15, 0.2) is 77.7 Å². The number of benzene rings is 3. The molecule has 1 N–H and O–H groups in total. The zero-order valence-corrected chi connectivity index (χ0v) is 17.9. The summed E-state index contributed by atoms with van der Waals surface area (Å²) in [7, 11) is -3.98. The number of anilines is 1. The van der Waals surface area contributed by atoms with E-state index >= 15 is 0 Å². The summed E-state index contributed by atoms with van der Waals surface area (Å²) in [4.78, 5) is 12.6. The maximum atomic E-state index is 13.2. The lowest BCUT2D eigenvalue weighted by atomic mass is 10.2. The lowest BCUT2D eigenvalue weighted by molar-refractivity contribution is -0.116. The Kier molecular flexibility index (Phi) is 7.10. The van der Waals surface area contributed by atoms with Crippen molar-refractivity contribution < 1.29 is 17.6 Å². The zero-order chi connectivity index (χ0) is 21.7. The first-order valence-electron chi connectivity index (χ1n) is 8.80. The van der Waals surface area contributed by atoms with E-state index in [4.69, 9.17) is 23.2 Å². The predicted molar refractivity (Wildman–Crippen MR) is 116 cm³/mol. The Morgan fingerprint density at radius 3 is 2.23 bits per heavy atom. The molecule has 0 unspecified atom stereocenters. The van der Waals surface area contributed by atoms with Crippen LogP contribution >= 0.6 is 23.2 Å². The summed E-state index contributed by atoms with van der Waals surface area (Å²) in [6.45, 7) is -0.542.